The van der Waals surface area contributed by atoms with Gasteiger partial charge in [0.2, 0.25) is 0 Å². The third-order valence-electron chi connectivity index (χ3n) is 3.32. The molecule has 0 radical (unpaired) electrons. The summed E-state index contributed by atoms with van der Waals surface area (Å²) in [5.74, 6) is 0.988. The van der Waals surface area contributed by atoms with E-state index in [1.165, 1.54) is 0 Å². The summed E-state index contributed by atoms with van der Waals surface area (Å²) in [5, 5.41) is 7.21. The van der Waals surface area contributed by atoms with E-state index in [1.54, 1.807) is 25.1 Å². The van der Waals surface area contributed by atoms with Crippen LogP contribution in [0.3, 0.4) is 0 Å². The van der Waals surface area contributed by atoms with Gasteiger partial charge in [-0.05, 0) is 37.5 Å². The number of carbonyl (C=O) groups is 1. The highest BCUT2D eigenvalue weighted by Gasteiger charge is 2.10. The number of amides is 1. The summed E-state index contributed by atoms with van der Waals surface area (Å²) in [6, 6.07) is 7.00. The van der Waals surface area contributed by atoms with E-state index in [9.17, 15) is 4.79 Å². The minimum atomic E-state index is -0.231. The molecule has 24 heavy (non-hydrogen) atoms. The molecule has 5 nitrogen and oxygen atoms in total. The number of nitrogens with zero attached hydrogens (tertiary/aromatic N) is 2. The zero-order chi connectivity index (χ0) is 17.5. The summed E-state index contributed by atoms with van der Waals surface area (Å²) in [4.78, 5) is 20.7. The fourth-order valence-corrected chi connectivity index (χ4v) is 2.66. The van der Waals surface area contributed by atoms with Crippen molar-refractivity contribution < 1.29 is 4.79 Å². The Morgan fingerprint density at radius 3 is 2.67 bits per heavy atom. The van der Waals surface area contributed by atoms with Crippen molar-refractivity contribution >= 4 is 34.9 Å². The minimum Gasteiger partial charge on any atom is -0.370 e. The lowest BCUT2D eigenvalue weighted by atomic mass is 10.1. The van der Waals surface area contributed by atoms with E-state index in [1.807, 2.05) is 6.07 Å². The van der Waals surface area contributed by atoms with Crippen LogP contribution in [-0.2, 0) is 6.42 Å². The predicted molar refractivity (Wildman–Crippen MR) is 98.0 cm³/mol. The lowest BCUT2D eigenvalue weighted by Gasteiger charge is -2.09. The van der Waals surface area contributed by atoms with Crippen molar-refractivity contribution in [2.45, 2.75) is 26.7 Å². The standard InChI is InChI=1S/C17H20Cl2N4O/c1-3-7-20-16-10-15(22-11(2)23-16)17(24)21-8-6-12-4-5-13(18)9-14(12)19/h4-5,9-10H,3,6-8H2,1-2H3,(H,21,24)(H,20,22,23). The fraction of sp³-hybridized carbons (Fsp3) is 0.353. The van der Waals surface area contributed by atoms with Crippen LogP contribution in [0.2, 0.25) is 10.0 Å². The molecule has 0 atom stereocenters. The lowest BCUT2D eigenvalue weighted by Crippen LogP contribution is -2.27. The van der Waals surface area contributed by atoms with Crippen molar-refractivity contribution in [2.75, 3.05) is 18.4 Å². The first kappa shape index (κ1) is 18.5. The smallest absolute Gasteiger partial charge is 0.270 e. The number of nitrogens with one attached hydrogen (secondary N) is 2. The monoisotopic (exact) mass is 366 g/mol. The van der Waals surface area contributed by atoms with Crippen molar-refractivity contribution in [3.63, 3.8) is 0 Å². The van der Waals surface area contributed by atoms with Gasteiger partial charge in [-0.2, -0.15) is 0 Å². The second-order valence-corrected chi connectivity index (χ2v) is 6.20. The third-order valence-corrected chi connectivity index (χ3v) is 3.91. The molecule has 0 bridgehead atoms. The molecule has 0 spiro atoms. The molecule has 2 aromatic rings. The van der Waals surface area contributed by atoms with Gasteiger partial charge in [-0.25, -0.2) is 9.97 Å². The second kappa shape index (κ2) is 8.85. The van der Waals surface area contributed by atoms with Crippen LogP contribution >= 0.6 is 23.2 Å². The molecule has 0 unspecified atom stereocenters. The van der Waals surface area contributed by atoms with Crippen LogP contribution in [0.4, 0.5) is 5.82 Å². The Balaban J connectivity index is 1.95. The number of hydrogen-bond acceptors (Lipinski definition) is 4. The molecule has 0 aliphatic heterocycles. The van der Waals surface area contributed by atoms with Crippen LogP contribution in [0.5, 0.6) is 0 Å². The van der Waals surface area contributed by atoms with Gasteiger partial charge in [0.05, 0.1) is 0 Å². The Morgan fingerprint density at radius 2 is 1.96 bits per heavy atom. The first-order valence-corrected chi connectivity index (χ1v) is 8.57. The summed E-state index contributed by atoms with van der Waals surface area (Å²) in [7, 11) is 0. The Hall–Kier alpha value is -1.85. The highest BCUT2D eigenvalue weighted by atomic mass is 35.5. The van der Waals surface area contributed by atoms with Crippen LogP contribution in [0.25, 0.3) is 0 Å². The maximum absolute atomic E-state index is 12.3. The highest BCUT2D eigenvalue weighted by Crippen LogP contribution is 2.21. The molecular weight excluding hydrogens is 347 g/mol. The average Bonchev–Trinajstić information content (AvgIpc) is 2.54. The van der Waals surface area contributed by atoms with Crippen LogP contribution in [-0.4, -0.2) is 29.0 Å². The van der Waals surface area contributed by atoms with Crippen LogP contribution < -0.4 is 10.6 Å². The summed E-state index contributed by atoms with van der Waals surface area (Å²) in [6.07, 6.45) is 1.60. The van der Waals surface area contributed by atoms with Gasteiger partial charge in [0.25, 0.3) is 5.91 Å². The van der Waals surface area contributed by atoms with E-state index in [2.05, 4.69) is 27.5 Å². The number of rotatable bonds is 7. The normalized spacial score (nSPS) is 10.5. The topological polar surface area (TPSA) is 66.9 Å². The van der Waals surface area contributed by atoms with Crippen molar-refractivity contribution in [1.29, 1.82) is 0 Å². The van der Waals surface area contributed by atoms with Gasteiger partial charge in [-0.15, -0.1) is 0 Å². The number of aromatic nitrogens is 2. The molecule has 128 valence electrons. The molecule has 1 heterocycles. The largest absolute Gasteiger partial charge is 0.370 e. The van der Waals surface area contributed by atoms with Gasteiger partial charge in [-0.3, -0.25) is 4.79 Å². The highest BCUT2D eigenvalue weighted by molar-refractivity contribution is 6.35. The predicted octanol–water partition coefficient (Wildman–Crippen LogP) is 3.89. The van der Waals surface area contributed by atoms with Crippen LogP contribution in [0.1, 0.15) is 35.2 Å². The van der Waals surface area contributed by atoms with Crippen molar-refractivity contribution in [1.82, 2.24) is 15.3 Å². The molecule has 1 aromatic carbocycles. The first-order valence-electron chi connectivity index (χ1n) is 7.81. The SMILES string of the molecule is CCCNc1cc(C(=O)NCCc2ccc(Cl)cc2Cl)nc(C)n1. The van der Waals surface area contributed by atoms with E-state index in [4.69, 9.17) is 23.2 Å². The molecule has 0 saturated heterocycles. The summed E-state index contributed by atoms with van der Waals surface area (Å²) < 4.78 is 0. The van der Waals surface area contributed by atoms with Gasteiger partial charge in [-0.1, -0.05) is 36.2 Å². The molecule has 2 rings (SSSR count). The third kappa shape index (κ3) is 5.35. The minimum absolute atomic E-state index is 0.231. The Labute approximate surface area is 151 Å². The second-order valence-electron chi connectivity index (χ2n) is 5.35. The van der Waals surface area contributed by atoms with Crippen molar-refractivity contribution in [3.05, 3.63) is 51.4 Å². The molecule has 2 N–H and O–H groups in total. The number of hydrogen-bond donors (Lipinski definition) is 2. The molecule has 0 saturated carbocycles. The van der Waals surface area contributed by atoms with Crippen LogP contribution in [0.15, 0.2) is 24.3 Å². The summed E-state index contributed by atoms with van der Waals surface area (Å²) >= 11 is 12.0. The number of carbonyl (C=O) groups excluding carboxylic acids is 1. The first-order chi connectivity index (χ1) is 11.5. The Morgan fingerprint density at radius 1 is 1.17 bits per heavy atom. The number of benzene rings is 1. The number of halogens is 2. The molecule has 1 amide bonds. The van der Waals surface area contributed by atoms with Gasteiger partial charge in [0.15, 0.2) is 0 Å². The molecular formula is C17H20Cl2N4O. The maximum atomic E-state index is 12.3. The Bertz CT molecular complexity index is 722. The van der Waals surface area contributed by atoms with Gasteiger partial charge < -0.3 is 10.6 Å². The van der Waals surface area contributed by atoms with E-state index >= 15 is 0 Å². The van der Waals surface area contributed by atoms with Crippen LogP contribution in [0, 0.1) is 6.92 Å². The van der Waals surface area contributed by atoms with Crippen molar-refractivity contribution in [3.8, 4) is 0 Å². The quantitative estimate of drug-likeness (QED) is 0.779. The van der Waals surface area contributed by atoms with E-state index in [0.717, 1.165) is 18.5 Å². The molecule has 0 fully saturated rings. The number of anilines is 1. The zero-order valence-corrected chi connectivity index (χ0v) is 15.2. The fourth-order valence-electron chi connectivity index (χ4n) is 2.15. The van der Waals surface area contributed by atoms with Crippen molar-refractivity contribution in [2.24, 2.45) is 0 Å². The summed E-state index contributed by atoms with van der Waals surface area (Å²) in [6.45, 7) is 5.09. The van der Waals surface area contributed by atoms with E-state index < -0.39 is 0 Å². The Kier molecular flexibility index (Phi) is 6.82. The van der Waals surface area contributed by atoms with Gasteiger partial charge in [0.1, 0.15) is 17.3 Å². The molecule has 0 aliphatic rings. The van der Waals surface area contributed by atoms with Gasteiger partial charge in [0, 0.05) is 29.2 Å². The average molecular weight is 367 g/mol. The molecule has 7 heteroatoms. The van der Waals surface area contributed by atoms with Gasteiger partial charge >= 0.3 is 0 Å². The van der Waals surface area contributed by atoms with E-state index in [0.29, 0.717) is 40.3 Å². The summed E-state index contributed by atoms with van der Waals surface area (Å²) in [5.41, 5.74) is 1.29. The van der Waals surface area contributed by atoms with E-state index in [-0.39, 0.29) is 5.91 Å². The number of aryl methyl sites for hydroxylation is 1. The molecule has 1 aromatic heterocycles. The molecule has 0 aliphatic carbocycles. The zero-order valence-electron chi connectivity index (χ0n) is 13.7. The maximum Gasteiger partial charge on any atom is 0.270 e. The lowest BCUT2D eigenvalue weighted by molar-refractivity contribution is 0.0949.